The maximum atomic E-state index is 13.8. The summed E-state index contributed by atoms with van der Waals surface area (Å²) in [7, 11) is 1.42. The quantitative estimate of drug-likeness (QED) is 0.539. The van der Waals surface area contributed by atoms with Gasteiger partial charge in [-0.25, -0.2) is 13.5 Å². The lowest BCUT2D eigenvalue weighted by molar-refractivity contribution is 0.372. The Hall–Kier alpha value is -3.94. The molecule has 29 heavy (non-hydrogen) atoms. The van der Waals surface area contributed by atoms with E-state index in [9.17, 15) is 19.0 Å². The number of aromatic hydroxyl groups is 2. The van der Waals surface area contributed by atoms with Crippen LogP contribution in [0.15, 0.2) is 60.8 Å². The van der Waals surface area contributed by atoms with E-state index in [0.29, 0.717) is 17.1 Å². The molecule has 2 aromatic carbocycles. The van der Waals surface area contributed by atoms with E-state index in [2.05, 4.69) is 10.1 Å². The van der Waals surface area contributed by atoms with E-state index in [1.54, 1.807) is 10.7 Å². The number of ether oxygens (including phenoxy) is 1. The zero-order valence-corrected chi connectivity index (χ0v) is 15.2. The van der Waals surface area contributed by atoms with Gasteiger partial charge in [0.05, 0.1) is 36.1 Å². The molecule has 4 rings (SSSR count). The van der Waals surface area contributed by atoms with Gasteiger partial charge in [-0.05, 0) is 30.3 Å². The van der Waals surface area contributed by atoms with Crippen molar-refractivity contribution in [1.29, 1.82) is 0 Å². The van der Waals surface area contributed by atoms with Crippen LogP contribution in [0, 0.1) is 11.6 Å². The summed E-state index contributed by atoms with van der Waals surface area (Å²) < 4.78 is 34.4. The van der Waals surface area contributed by atoms with Gasteiger partial charge in [0.25, 0.3) is 0 Å². The third kappa shape index (κ3) is 3.36. The van der Waals surface area contributed by atoms with Crippen molar-refractivity contribution in [2.75, 3.05) is 7.11 Å². The molecule has 146 valence electrons. The summed E-state index contributed by atoms with van der Waals surface area (Å²) in [6, 6.07) is 14.3. The molecule has 0 amide bonds. The molecule has 2 aromatic heterocycles. The van der Waals surface area contributed by atoms with E-state index in [1.165, 1.54) is 19.4 Å². The van der Waals surface area contributed by atoms with Crippen LogP contribution in [-0.2, 0) is 0 Å². The van der Waals surface area contributed by atoms with Gasteiger partial charge >= 0.3 is 0 Å². The maximum absolute atomic E-state index is 13.8. The number of pyridine rings is 1. The van der Waals surface area contributed by atoms with Crippen LogP contribution in [0.3, 0.4) is 0 Å². The number of aromatic nitrogens is 3. The summed E-state index contributed by atoms with van der Waals surface area (Å²) in [5, 5.41) is 23.7. The number of hydrogen-bond donors (Lipinski definition) is 2. The first-order valence-corrected chi connectivity index (χ1v) is 8.55. The van der Waals surface area contributed by atoms with Crippen molar-refractivity contribution in [3.05, 3.63) is 72.4 Å². The van der Waals surface area contributed by atoms with Crippen LogP contribution in [0.5, 0.6) is 17.2 Å². The second-order valence-corrected chi connectivity index (χ2v) is 6.19. The average Bonchev–Trinajstić information content (AvgIpc) is 3.18. The Bertz CT molecular complexity index is 1170. The molecule has 0 saturated heterocycles. The predicted molar refractivity (Wildman–Crippen MR) is 102 cm³/mol. The smallest absolute Gasteiger partial charge is 0.187 e. The van der Waals surface area contributed by atoms with Crippen LogP contribution in [-0.4, -0.2) is 32.1 Å². The number of benzene rings is 2. The number of phenols is 1. The average molecular weight is 395 g/mol. The molecule has 4 aromatic rings. The minimum atomic E-state index is -1.08. The molecule has 8 heteroatoms. The number of halogens is 2. The summed E-state index contributed by atoms with van der Waals surface area (Å²) in [5.41, 5.74) is 2.07. The molecular weight excluding hydrogens is 380 g/mol. The Balaban J connectivity index is 1.93. The van der Waals surface area contributed by atoms with E-state index in [4.69, 9.17) is 4.74 Å². The molecule has 0 bridgehead atoms. The van der Waals surface area contributed by atoms with E-state index < -0.39 is 17.4 Å². The van der Waals surface area contributed by atoms with Crippen LogP contribution in [0.4, 0.5) is 8.78 Å². The molecule has 0 aliphatic heterocycles. The Kier molecular flexibility index (Phi) is 4.59. The first kappa shape index (κ1) is 18.4. The van der Waals surface area contributed by atoms with Gasteiger partial charge in [0.15, 0.2) is 28.9 Å². The van der Waals surface area contributed by atoms with E-state index >= 15 is 0 Å². The zero-order chi connectivity index (χ0) is 20.5. The van der Waals surface area contributed by atoms with Gasteiger partial charge < -0.3 is 14.9 Å². The van der Waals surface area contributed by atoms with E-state index in [1.807, 2.05) is 30.3 Å². The topological polar surface area (TPSA) is 80.4 Å². The van der Waals surface area contributed by atoms with E-state index in [0.717, 1.165) is 12.1 Å². The summed E-state index contributed by atoms with van der Waals surface area (Å²) in [6.07, 6.45) is 1.25. The van der Waals surface area contributed by atoms with Crippen molar-refractivity contribution in [3.63, 3.8) is 0 Å². The van der Waals surface area contributed by atoms with Crippen molar-refractivity contribution < 1.29 is 23.7 Å². The fourth-order valence-corrected chi connectivity index (χ4v) is 2.92. The Morgan fingerprint density at radius 1 is 0.931 bits per heavy atom. The Morgan fingerprint density at radius 3 is 2.28 bits per heavy atom. The molecule has 0 atom stereocenters. The predicted octanol–water partition coefficient (Wildman–Crippen LogP) is 4.30. The summed E-state index contributed by atoms with van der Waals surface area (Å²) in [4.78, 5) is 4.22. The molecule has 0 spiro atoms. The van der Waals surface area contributed by atoms with Gasteiger partial charge in [0.2, 0.25) is 0 Å². The third-order valence-corrected chi connectivity index (χ3v) is 4.35. The van der Waals surface area contributed by atoms with Crippen LogP contribution in [0.25, 0.3) is 28.3 Å². The summed E-state index contributed by atoms with van der Waals surface area (Å²) >= 11 is 0. The van der Waals surface area contributed by atoms with Gasteiger partial charge in [-0.2, -0.15) is 5.10 Å². The highest BCUT2D eigenvalue weighted by molar-refractivity contribution is 5.70. The van der Waals surface area contributed by atoms with Crippen molar-refractivity contribution in [2.45, 2.75) is 0 Å². The monoisotopic (exact) mass is 395 g/mol. The molecule has 6 nitrogen and oxygen atoms in total. The molecule has 2 heterocycles. The lowest BCUT2D eigenvalue weighted by Gasteiger charge is -2.09. The van der Waals surface area contributed by atoms with Crippen molar-refractivity contribution in [1.82, 2.24) is 14.8 Å². The molecular formula is C21H15F2N3O3. The first-order chi connectivity index (χ1) is 14.0. The molecule has 0 fully saturated rings. The fraction of sp³-hybridized carbons (Fsp3) is 0.0476. The maximum Gasteiger partial charge on any atom is 0.187 e. The standard InChI is InChI=1S/C21H15F2N3O3/c1-29-20-10-17(24-11-19(20)27)18-9-16(12-7-14(22)21(28)15(23)8-12)25-26(18)13-5-3-2-4-6-13/h2-11,27-28H,1H3. The van der Waals surface area contributed by atoms with Crippen molar-refractivity contribution in [2.24, 2.45) is 0 Å². The molecule has 2 N–H and O–H groups in total. The number of methoxy groups -OCH3 is 1. The third-order valence-electron chi connectivity index (χ3n) is 4.35. The Labute approximate surface area is 164 Å². The minimum Gasteiger partial charge on any atom is -0.503 e. The van der Waals surface area contributed by atoms with E-state index in [-0.39, 0.29) is 22.8 Å². The second kappa shape index (κ2) is 7.23. The number of phenolic OH excluding ortho intramolecular Hbond substituents is 1. The van der Waals surface area contributed by atoms with Gasteiger partial charge in [0, 0.05) is 11.6 Å². The number of hydrogen-bond acceptors (Lipinski definition) is 5. The minimum absolute atomic E-state index is 0.120. The Morgan fingerprint density at radius 2 is 1.62 bits per heavy atom. The van der Waals surface area contributed by atoms with Crippen LogP contribution in [0.1, 0.15) is 0 Å². The van der Waals surface area contributed by atoms with Gasteiger partial charge in [-0.15, -0.1) is 0 Å². The van der Waals surface area contributed by atoms with Crippen LogP contribution in [0.2, 0.25) is 0 Å². The van der Waals surface area contributed by atoms with Crippen LogP contribution < -0.4 is 4.74 Å². The van der Waals surface area contributed by atoms with Gasteiger partial charge in [0.1, 0.15) is 0 Å². The number of nitrogens with zero attached hydrogens (tertiary/aromatic N) is 3. The lowest BCUT2D eigenvalue weighted by atomic mass is 10.1. The number of rotatable bonds is 4. The lowest BCUT2D eigenvalue weighted by Crippen LogP contribution is -2.00. The molecule has 0 radical (unpaired) electrons. The van der Waals surface area contributed by atoms with Crippen molar-refractivity contribution in [3.8, 4) is 45.6 Å². The van der Waals surface area contributed by atoms with Gasteiger partial charge in [-0.1, -0.05) is 18.2 Å². The molecule has 0 unspecified atom stereocenters. The molecule has 0 saturated carbocycles. The highest BCUT2D eigenvalue weighted by Crippen LogP contribution is 2.34. The largest absolute Gasteiger partial charge is 0.503 e. The normalized spacial score (nSPS) is 10.9. The summed E-state index contributed by atoms with van der Waals surface area (Å²) in [6.45, 7) is 0. The highest BCUT2D eigenvalue weighted by Gasteiger charge is 2.18. The second-order valence-electron chi connectivity index (χ2n) is 6.19. The zero-order valence-electron chi connectivity index (χ0n) is 15.2. The molecule has 0 aliphatic rings. The fourth-order valence-electron chi connectivity index (χ4n) is 2.92. The first-order valence-electron chi connectivity index (χ1n) is 8.55. The molecule has 0 aliphatic carbocycles. The summed E-state index contributed by atoms with van der Waals surface area (Å²) in [5.74, 6) is -3.11. The SMILES string of the molecule is COc1cc(-c2cc(-c3cc(F)c(O)c(F)c3)nn2-c2ccccc2)ncc1O. The van der Waals surface area contributed by atoms with Crippen LogP contribution >= 0.6 is 0 Å². The highest BCUT2D eigenvalue weighted by atomic mass is 19.1. The van der Waals surface area contributed by atoms with Crippen molar-refractivity contribution >= 4 is 0 Å². The van der Waals surface area contributed by atoms with Gasteiger partial charge in [-0.3, -0.25) is 4.98 Å². The number of para-hydroxylation sites is 1.